The molecule has 1 unspecified atom stereocenters. The molecule has 0 bridgehead atoms. The number of carbonyl (C=O) groups excluding carboxylic acids is 2. The number of alkyl halides is 3. The van der Waals surface area contributed by atoms with Gasteiger partial charge in [0.05, 0.1) is 12.3 Å². The van der Waals surface area contributed by atoms with Crippen molar-refractivity contribution in [1.82, 2.24) is 24.6 Å². The second kappa shape index (κ2) is 7.66. The molecule has 0 saturated carbocycles. The Kier molecular flexibility index (Phi) is 5.65. The molecule has 3 heterocycles. The Hall–Kier alpha value is -1.82. The van der Waals surface area contributed by atoms with E-state index in [2.05, 4.69) is 10.2 Å². The average molecular weight is 406 g/mol. The highest BCUT2D eigenvalue weighted by atomic mass is 32.2. The summed E-state index contributed by atoms with van der Waals surface area (Å²) in [4.78, 5) is 27.5. The van der Waals surface area contributed by atoms with Gasteiger partial charge in [-0.1, -0.05) is 6.92 Å². The Morgan fingerprint density at radius 3 is 2.81 bits per heavy atom. The van der Waals surface area contributed by atoms with E-state index >= 15 is 0 Å². The Labute approximate surface area is 158 Å². The number of nitrogens with zero attached hydrogens (tertiary/aromatic N) is 5. The molecule has 0 aromatic carbocycles. The van der Waals surface area contributed by atoms with E-state index in [4.69, 9.17) is 5.73 Å². The zero-order valence-corrected chi connectivity index (χ0v) is 15.6. The minimum atomic E-state index is -4.57. The lowest BCUT2D eigenvalue weighted by molar-refractivity contribution is -0.148. The zero-order chi connectivity index (χ0) is 19.8. The molecular formula is C15H21F3N6O2S. The van der Waals surface area contributed by atoms with Crippen LogP contribution >= 0.6 is 11.8 Å². The van der Waals surface area contributed by atoms with E-state index in [9.17, 15) is 22.8 Å². The summed E-state index contributed by atoms with van der Waals surface area (Å²) in [6.45, 7) is 2.99. The molecule has 2 aliphatic rings. The summed E-state index contributed by atoms with van der Waals surface area (Å²) in [6, 6.07) is -0.526. The fourth-order valence-electron chi connectivity index (χ4n) is 3.23. The molecule has 0 aliphatic carbocycles. The largest absolute Gasteiger partial charge is 0.451 e. The number of nitrogens with two attached hydrogens (primary N) is 1. The van der Waals surface area contributed by atoms with Gasteiger partial charge in [0.15, 0.2) is 5.82 Å². The number of hydrogen-bond acceptors (Lipinski definition) is 6. The van der Waals surface area contributed by atoms with E-state index in [1.165, 1.54) is 4.90 Å². The minimum Gasteiger partial charge on any atom is -0.339 e. The van der Waals surface area contributed by atoms with Crippen LogP contribution in [0.15, 0.2) is 0 Å². The first-order chi connectivity index (χ1) is 12.6. The number of aromatic nitrogens is 3. The smallest absolute Gasteiger partial charge is 0.339 e. The summed E-state index contributed by atoms with van der Waals surface area (Å²) in [5.41, 5.74) is 6.05. The molecule has 8 nitrogen and oxygen atoms in total. The van der Waals surface area contributed by atoms with E-state index in [-0.39, 0.29) is 50.2 Å². The molecule has 2 amide bonds. The van der Waals surface area contributed by atoms with Gasteiger partial charge in [0.2, 0.25) is 17.6 Å². The molecule has 27 heavy (non-hydrogen) atoms. The van der Waals surface area contributed by atoms with Crippen molar-refractivity contribution in [2.24, 2.45) is 5.73 Å². The van der Waals surface area contributed by atoms with E-state index in [1.54, 1.807) is 16.7 Å². The maximum atomic E-state index is 12.9. The van der Waals surface area contributed by atoms with Crippen molar-refractivity contribution in [3.8, 4) is 0 Å². The lowest BCUT2D eigenvalue weighted by atomic mass is 10.1. The Bertz CT molecular complexity index is 725. The van der Waals surface area contributed by atoms with Crippen LogP contribution in [0.3, 0.4) is 0 Å². The molecule has 1 fully saturated rings. The second-order valence-corrected chi connectivity index (χ2v) is 8.22. The summed E-state index contributed by atoms with van der Waals surface area (Å²) in [5, 5.41) is 7.08. The van der Waals surface area contributed by atoms with Gasteiger partial charge in [0.25, 0.3) is 0 Å². The van der Waals surface area contributed by atoms with Crippen LogP contribution in [0.4, 0.5) is 13.2 Å². The molecule has 0 radical (unpaired) electrons. The van der Waals surface area contributed by atoms with Gasteiger partial charge >= 0.3 is 6.18 Å². The first kappa shape index (κ1) is 19.9. The first-order valence-electron chi connectivity index (χ1n) is 8.57. The van der Waals surface area contributed by atoms with E-state index in [0.29, 0.717) is 17.5 Å². The van der Waals surface area contributed by atoms with Gasteiger partial charge in [0, 0.05) is 43.9 Å². The topological polar surface area (TPSA) is 97.3 Å². The molecule has 12 heteroatoms. The monoisotopic (exact) mass is 406 g/mol. The van der Waals surface area contributed by atoms with Gasteiger partial charge in [0.1, 0.15) is 0 Å². The highest BCUT2D eigenvalue weighted by Crippen LogP contribution is 2.29. The molecule has 2 aliphatic heterocycles. The highest BCUT2D eigenvalue weighted by Gasteiger charge is 2.40. The van der Waals surface area contributed by atoms with Crippen LogP contribution in [0.25, 0.3) is 0 Å². The summed E-state index contributed by atoms with van der Waals surface area (Å²) in [7, 11) is 0. The lowest BCUT2D eigenvalue weighted by Gasteiger charge is -2.33. The predicted molar refractivity (Wildman–Crippen MR) is 91.5 cm³/mol. The molecule has 150 valence electrons. The van der Waals surface area contributed by atoms with Crippen molar-refractivity contribution in [2.45, 2.75) is 43.9 Å². The van der Waals surface area contributed by atoms with Gasteiger partial charge in [-0.25, -0.2) is 0 Å². The molecule has 1 aromatic heterocycles. The summed E-state index contributed by atoms with van der Waals surface area (Å²) < 4.78 is 39.6. The van der Waals surface area contributed by atoms with Gasteiger partial charge in [-0.2, -0.15) is 13.2 Å². The van der Waals surface area contributed by atoms with Gasteiger partial charge in [-0.15, -0.1) is 22.0 Å². The van der Waals surface area contributed by atoms with Crippen molar-refractivity contribution in [1.29, 1.82) is 0 Å². The van der Waals surface area contributed by atoms with Gasteiger partial charge in [-0.05, 0) is 0 Å². The third kappa shape index (κ3) is 4.54. The van der Waals surface area contributed by atoms with Crippen LogP contribution in [-0.2, 0) is 28.9 Å². The Morgan fingerprint density at radius 2 is 2.11 bits per heavy atom. The first-order valence-corrected chi connectivity index (χ1v) is 9.62. The van der Waals surface area contributed by atoms with E-state index in [0.717, 1.165) is 4.57 Å². The SMILES string of the molecule is CC1CN(C[C@H](N)CC(=O)N2CCn3c(nnc3C(F)(F)F)C2)C(=O)CS1. The minimum absolute atomic E-state index is 0.00625. The maximum Gasteiger partial charge on any atom is 0.451 e. The maximum absolute atomic E-state index is 12.9. The van der Waals surface area contributed by atoms with Crippen molar-refractivity contribution < 1.29 is 22.8 Å². The lowest BCUT2D eigenvalue weighted by Crippen LogP contribution is -2.49. The molecule has 2 atom stereocenters. The van der Waals surface area contributed by atoms with E-state index in [1.807, 2.05) is 6.92 Å². The third-order valence-corrected chi connectivity index (χ3v) is 5.70. The standard InChI is InChI=1S/C15H21F3N6O2S/c1-9-5-23(13(26)8-27-9)6-10(19)4-12(25)22-2-3-24-11(7-22)20-21-14(24)15(16,17)18/h9-10H,2-8,19H2,1H3/t9?,10-/m1/s1. The van der Waals surface area contributed by atoms with E-state index < -0.39 is 18.0 Å². The zero-order valence-electron chi connectivity index (χ0n) is 14.8. The molecule has 1 saturated heterocycles. The molecule has 2 N–H and O–H groups in total. The van der Waals surface area contributed by atoms with Gasteiger partial charge in [-0.3, -0.25) is 9.59 Å². The highest BCUT2D eigenvalue weighted by molar-refractivity contribution is 8.00. The number of halogens is 3. The van der Waals surface area contributed by atoms with Crippen molar-refractivity contribution in [3.05, 3.63) is 11.6 Å². The second-order valence-electron chi connectivity index (χ2n) is 6.79. The Balaban J connectivity index is 1.56. The summed E-state index contributed by atoms with van der Waals surface area (Å²) >= 11 is 1.59. The molecular weight excluding hydrogens is 385 g/mol. The number of rotatable bonds is 4. The summed E-state index contributed by atoms with van der Waals surface area (Å²) in [6.07, 6.45) is -4.55. The van der Waals surface area contributed by atoms with Crippen LogP contribution in [0, 0.1) is 0 Å². The summed E-state index contributed by atoms with van der Waals surface area (Å²) in [5.74, 6) is -0.793. The van der Waals surface area contributed by atoms with Crippen LogP contribution < -0.4 is 5.73 Å². The number of carbonyl (C=O) groups is 2. The number of amides is 2. The van der Waals surface area contributed by atoms with Gasteiger partial charge < -0.3 is 20.1 Å². The average Bonchev–Trinajstić information content (AvgIpc) is 3.01. The Morgan fingerprint density at radius 1 is 1.37 bits per heavy atom. The number of fused-ring (bicyclic) bond motifs is 1. The predicted octanol–water partition coefficient (Wildman–Crippen LogP) is 0.320. The molecule has 1 aromatic rings. The molecule has 3 rings (SSSR count). The fraction of sp³-hybridized carbons (Fsp3) is 0.733. The fourth-order valence-corrected chi connectivity index (χ4v) is 4.12. The van der Waals surface area contributed by atoms with Crippen LogP contribution in [-0.4, -0.2) is 73.1 Å². The number of hydrogen-bond donors (Lipinski definition) is 1. The van der Waals surface area contributed by atoms with Crippen LogP contribution in [0.1, 0.15) is 25.0 Å². The van der Waals surface area contributed by atoms with Crippen LogP contribution in [0.2, 0.25) is 0 Å². The van der Waals surface area contributed by atoms with Crippen LogP contribution in [0.5, 0.6) is 0 Å². The third-order valence-electron chi connectivity index (χ3n) is 4.57. The quantitative estimate of drug-likeness (QED) is 0.774. The normalized spacial score (nSPS) is 22.0. The molecule has 0 spiro atoms. The van der Waals surface area contributed by atoms with Crippen molar-refractivity contribution >= 4 is 23.6 Å². The van der Waals surface area contributed by atoms with Crippen molar-refractivity contribution in [2.75, 3.05) is 25.4 Å². The number of thioether (sulfide) groups is 1. The van der Waals surface area contributed by atoms with Crippen molar-refractivity contribution in [3.63, 3.8) is 0 Å².